The Labute approximate surface area is 165 Å². The molecule has 8 nitrogen and oxygen atoms in total. The minimum atomic E-state index is -3.53. The second-order valence-electron chi connectivity index (χ2n) is 7.45. The van der Waals surface area contributed by atoms with Gasteiger partial charge in [0, 0.05) is 38.0 Å². The molecule has 2 amide bonds. The Balaban J connectivity index is 1.37. The average molecular weight is 410 g/mol. The third-order valence-electron chi connectivity index (χ3n) is 5.36. The lowest BCUT2D eigenvalue weighted by atomic mass is 9.82. The molecule has 0 unspecified atom stereocenters. The van der Waals surface area contributed by atoms with Crippen LogP contribution in [0.4, 0.5) is 0 Å². The molecule has 1 aromatic carbocycles. The Hall–Kier alpha value is -1.97. The van der Waals surface area contributed by atoms with E-state index in [0.29, 0.717) is 26.2 Å². The standard InChI is InChI=1S/C19H27N3O5S/c20-28(25,26)10-4-7-18(23)21-9-8-17-16(11-21)12-22(17)19(24)14-27-13-15-5-2-1-3-6-15/h1-3,5-6,16-17H,4,7-14H2,(H2,20,25,26)/t16-,17-/m0/s1. The van der Waals surface area contributed by atoms with Crippen LogP contribution >= 0.6 is 0 Å². The summed E-state index contributed by atoms with van der Waals surface area (Å²) in [5.41, 5.74) is 1.03. The predicted molar refractivity (Wildman–Crippen MR) is 103 cm³/mol. The number of amides is 2. The van der Waals surface area contributed by atoms with E-state index in [9.17, 15) is 18.0 Å². The maximum Gasteiger partial charge on any atom is 0.248 e. The van der Waals surface area contributed by atoms with Crippen LogP contribution in [0.15, 0.2) is 30.3 Å². The van der Waals surface area contributed by atoms with Gasteiger partial charge in [-0.25, -0.2) is 13.6 Å². The molecular formula is C19H27N3O5S. The molecule has 2 aliphatic rings. The summed E-state index contributed by atoms with van der Waals surface area (Å²) in [5.74, 6) is 0.0568. The highest BCUT2D eigenvalue weighted by Gasteiger charge is 2.45. The first-order valence-electron chi connectivity index (χ1n) is 9.53. The summed E-state index contributed by atoms with van der Waals surface area (Å²) < 4.78 is 27.4. The van der Waals surface area contributed by atoms with Crippen LogP contribution in [0.2, 0.25) is 0 Å². The van der Waals surface area contributed by atoms with E-state index >= 15 is 0 Å². The Kier molecular flexibility index (Phi) is 6.69. The minimum Gasteiger partial charge on any atom is -0.367 e. The van der Waals surface area contributed by atoms with Crippen molar-refractivity contribution in [3.05, 3.63) is 35.9 Å². The summed E-state index contributed by atoms with van der Waals surface area (Å²) in [4.78, 5) is 28.2. The van der Waals surface area contributed by atoms with Crippen LogP contribution in [-0.4, -0.2) is 68.1 Å². The molecule has 3 rings (SSSR count). The van der Waals surface area contributed by atoms with Crippen LogP contribution in [0.1, 0.15) is 24.8 Å². The van der Waals surface area contributed by atoms with Gasteiger partial charge in [-0.3, -0.25) is 9.59 Å². The van der Waals surface area contributed by atoms with Gasteiger partial charge in [0.2, 0.25) is 21.8 Å². The number of nitrogens with zero attached hydrogens (tertiary/aromatic N) is 2. The second kappa shape index (κ2) is 9.02. The molecule has 2 N–H and O–H groups in total. The first-order chi connectivity index (χ1) is 13.3. The number of rotatable bonds is 8. The molecule has 0 aliphatic carbocycles. The lowest BCUT2D eigenvalue weighted by molar-refractivity contribution is -0.156. The van der Waals surface area contributed by atoms with E-state index in [4.69, 9.17) is 9.88 Å². The third-order valence-corrected chi connectivity index (χ3v) is 6.21. The number of carbonyl (C=O) groups excluding carboxylic acids is 2. The van der Waals surface area contributed by atoms with Crippen LogP contribution in [-0.2, 0) is 31.0 Å². The third kappa shape index (κ3) is 5.52. The highest BCUT2D eigenvalue weighted by molar-refractivity contribution is 7.89. The van der Waals surface area contributed by atoms with Gasteiger partial charge in [0.25, 0.3) is 0 Å². The van der Waals surface area contributed by atoms with E-state index in [-0.39, 0.29) is 49.0 Å². The number of hydrogen-bond acceptors (Lipinski definition) is 5. The molecule has 2 fully saturated rings. The number of hydrogen-bond donors (Lipinski definition) is 1. The van der Waals surface area contributed by atoms with Crippen molar-refractivity contribution in [2.45, 2.75) is 31.9 Å². The van der Waals surface area contributed by atoms with Crippen molar-refractivity contribution in [3.63, 3.8) is 0 Å². The van der Waals surface area contributed by atoms with Crippen molar-refractivity contribution in [3.8, 4) is 0 Å². The van der Waals surface area contributed by atoms with Gasteiger partial charge in [0.1, 0.15) is 6.61 Å². The van der Waals surface area contributed by atoms with Gasteiger partial charge < -0.3 is 14.5 Å². The van der Waals surface area contributed by atoms with Gasteiger partial charge in [-0.1, -0.05) is 30.3 Å². The van der Waals surface area contributed by atoms with Crippen LogP contribution in [0.5, 0.6) is 0 Å². The predicted octanol–water partition coefficient (Wildman–Crippen LogP) is 0.331. The number of carbonyl (C=O) groups is 2. The lowest BCUT2D eigenvalue weighted by Gasteiger charge is -2.53. The lowest BCUT2D eigenvalue weighted by Crippen LogP contribution is -2.66. The number of likely N-dealkylation sites (tertiary alicyclic amines) is 2. The highest BCUT2D eigenvalue weighted by Crippen LogP contribution is 2.32. The Morgan fingerprint density at radius 3 is 2.57 bits per heavy atom. The van der Waals surface area contributed by atoms with Gasteiger partial charge in [0.05, 0.1) is 12.4 Å². The first kappa shape index (κ1) is 20.8. The molecule has 0 aromatic heterocycles. The number of fused-ring (bicyclic) bond motifs is 1. The van der Waals surface area contributed by atoms with Crippen LogP contribution in [0.3, 0.4) is 0 Å². The molecule has 2 heterocycles. The summed E-state index contributed by atoms with van der Waals surface area (Å²) >= 11 is 0. The van der Waals surface area contributed by atoms with Crippen molar-refractivity contribution >= 4 is 21.8 Å². The summed E-state index contributed by atoms with van der Waals surface area (Å²) in [6.07, 6.45) is 1.17. The van der Waals surface area contributed by atoms with E-state index in [1.54, 1.807) is 4.90 Å². The largest absolute Gasteiger partial charge is 0.367 e. The molecule has 0 saturated carbocycles. The molecule has 0 radical (unpaired) electrons. The molecule has 1 aromatic rings. The Morgan fingerprint density at radius 2 is 1.89 bits per heavy atom. The summed E-state index contributed by atoms with van der Waals surface area (Å²) in [7, 11) is -3.53. The molecule has 0 bridgehead atoms. The van der Waals surface area contributed by atoms with Gasteiger partial charge in [-0.2, -0.15) is 0 Å². The smallest absolute Gasteiger partial charge is 0.248 e. The van der Waals surface area contributed by atoms with Crippen LogP contribution in [0, 0.1) is 5.92 Å². The van der Waals surface area contributed by atoms with Crippen molar-refractivity contribution in [1.29, 1.82) is 0 Å². The van der Waals surface area contributed by atoms with Gasteiger partial charge in [-0.15, -0.1) is 0 Å². The van der Waals surface area contributed by atoms with Crippen LogP contribution < -0.4 is 5.14 Å². The molecule has 0 spiro atoms. The average Bonchev–Trinajstić information content (AvgIpc) is 2.62. The van der Waals surface area contributed by atoms with E-state index in [0.717, 1.165) is 12.0 Å². The monoisotopic (exact) mass is 409 g/mol. The normalized spacial score (nSPS) is 21.8. The number of piperidine rings is 1. The number of primary sulfonamides is 1. The Bertz CT molecular complexity index is 799. The zero-order valence-electron chi connectivity index (χ0n) is 15.8. The maximum atomic E-state index is 12.4. The molecule has 154 valence electrons. The topological polar surface area (TPSA) is 110 Å². The van der Waals surface area contributed by atoms with Gasteiger partial charge in [-0.05, 0) is 18.4 Å². The highest BCUT2D eigenvalue weighted by atomic mass is 32.2. The molecule has 9 heteroatoms. The summed E-state index contributed by atoms with van der Waals surface area (Å²) in [6.45, 7) is 2.32. The number of ether oxygens (including phenoxy) is 1. The zero-order chi connectivity index (χ0) is 20.1. The number of benzene rings is 1. The second-order valence-corrected chi connectivity index (χ2v) is 9.18. The molecule has 2 aliphatic heterocycles. The summed E-state index contributed by atoms with van der Waals surface area (Å²) in [5, 5.41) is 4.96. The van der Waals surface area contributed by atoms with E-state index in [1.165, 1.54) is 0 Å². The quantitative estimate of drug-likeness (QED) is 0.665. The van der Waals surface area contributed by atoms with Gasteiger partial charge >= 0.3 is 0 Å². The Morgan fingerprint density at radius 1 is 1.14 bits per heavy atom. The van der Waals surface area contributed by atoms with E-state index < -0.39 is 10.0 Å². The van der Waals surface area contributed by atoms with E-state index in [1.807, 2.05) is 35.2 Å². The van der Waals surface area contributed by atoms with Crippen molar-refractivity contribution in [1.82, 2.24) is 9.80 Å². The zero-order valence-corrected chi connectivity index (χ0v) is 16.6. The number of sulfonamides is 1. The first-order valence-corrected chi connectivity index (χ1v) is 11.2. The molecule has 28 heavy (non-hydrogen) atoms. The fourth-order valence-electron chi connectivity index (χ4n) is 3.87. The van der Waals surface area contributed by atoms with Crippen molar-refractivity contribution in [2.75, 3.05) is 32.0 Å². The minimum absolute atomic E-state index is 0.00916. The maximum absolute atomic E-state index is 12.4. The summed E-state index contributed by atoms with van der Waals surface area (Å²) in [6, 6.07) is 9.89. The van der Waals surface area contributed by atoms with Crippen LogP contribution in [0.25, 0.3) is 0 Å². The van der Waals surface area contributed by atoms with Gasteiger partial charge in [0.15, 0.2) is 0 Å². The molecule has 2 atom stereocenters. The molecular weight excluding hydrogens is 382 g/mol. The van der Waals surface area contributed by atoms with Crippen molar-refractivity contribution in [2.24, 2.45) is 11.1 Å². The SMILES string of the molecule is NS(=O)(=O)CCCC(=O)N1CC[C@H]2[C@@H](C1)CN2C(=O)COCc1ccccc1. The molecule has 2 saturated heterocycles. The fraction of sp³-hybridized carbons (Fsp3) is 0.579. The fourth-order valence-corrected chi connectivity index (χ4v) is 4.42. The number of nitrogens with two attached hydrogens (primary N) is 1. The van der Waals surface area contributed by atoms with E-state index in [2.05, 4.69) is 0 Å². The van der Waals surface area contributed by atoms with Crippen molar-refractivity contribution < 1.29 is 22.7 Å².